The largest absolute Gasteiger partial charge is 0.457 e. The molecule has 1 aliphatic heterocycles. The topological polar surface area (TPSA) is 45.5 Å². The summed E-state index contributed by atoms with van der Waals surface area (Å²) in [7, 11) is 2.10. The molecule has 2 rings (SSSR count). The van der Waals surface area contributed by atoms with Crippen molar-refractivity contribution >= 4 is 21.8 Å². The molecule has 1 N–H and O–H groups in total. The van der Waals surface area contributed by atoms with E-state index in [1.54, 1.807) is 6.07 Å². The second-order valence-corrected chi connectivity index (χ2v) is 4.88. The molecule has 16 heavy (non-hydrogen) atoms. The normalized spacial score (nSPS) is 18.6. The Morgan fingerprint density at radius 2 is 2.25 bits per heavy atom. The molecule has 1 fully saturated rings. The highest BCUT2D eigenvalue weighted by atomic mass is 79.9. The van der Waals surface area contributed by atoms with Gasteiger partial charge in [-0.2, -0.15) is 0 Å². The first kappa shape index (κ1) is 11.7. The fourth-order valence-electron chi connectivity index (χ4n) is 1.87. The van der Waals surface area contributed by atoms with Gasteiger partial charge in [0.25, 0.3) is 5.91 Å². The molecule has 1 saturated heterocycles. The van der Waals surface area contributed by atoms with E-state index in [-0.39, 0.29) is 11.9 Å². The van der Waals surface area contributed by atoms with Crippen LogP contribution in [-0.2, 0) is 0 Å². The average Bonchev–Trinajstić information content (AvgIpc) is 2.68. The lowest BCUT2D eigenvalue weighted by molar-refractivity contribution is 0.0915. The summed E-state index contributed by atoms with van der Waals surface area (Å²) in [5.74, 6) is -0.0600. The van der Waals surface area contributed by atoms with E-state index in [1.165, 1.54) is 6.26 Å². The Morgan fingerprint density at radius 3 is 2.81 bits per heavy atom. The lowest BCUT2D eigenvalue weighted by atomic mass is 10.1. The standard InChI is InChI=1S/C11H15BrN2O2/c1-14-5-2-8(3-6-14)13-11(15)9-4-7-16-10(9)12/h4,7-8H,2-3,5-6H2,1H3,(H,13,15). The van der Waals surface area contributed by atoms with Crippen molar-refractivity contribution in [2.24, 2.45) is 0 Å². The Bertz CT molecular complexity index is 370. The third-order valence-electron chi connectivity index (χ3n) is 2.92. The number of carbonyl (C=O) groups is 1. The number of amides is 1. The molecule has 0 aliphatic carbocycles. The van der Waals surface area contributed by atoms with Crippen LogP contribution in [0.3, 0.4) is 0 Å². The molecule has 1 aliphatic rings. The van der Waals surface area contributed by atoms with Crippen molar-refractivity contribution in [2.45, 2.75) is 18.9 Å². The van der Waals surface area contributed by atoms with Gasteiger partial charge in [0, 0.05) is 6.04 Å². The number of hydrogen-bond acceptors (Lipinski definition) is 3. The number of rotatable bonds is 2. The second kappa shape index (κ2) is 5.01. The molecule has 0 spiro atoms. The quantitative estimate of drug-likeness (QED) is 0.903. The Labute approximate surface area is 103 Å². The van der Waals surface area contributed by atoms with Crippen LogP contribution in [0.25, 0.3) is 0 Å². The maximum Gasteiger partial charge on any atom is 0.255 e. The van der Waals surface area contributed by atoms with E-state index >= 15 is 0 Å². The van der Waals surface area contributed by atoms with E-state index < -0.39 is 0 Å². The number of hydrogen-bond donors (Lipinski definition) is 1. The van der Waals surface area contributed by atoms with Gasteiger partial charge in [-0.1, -0.05) is 0 Å². The predicted molar refractivity (Wildman–Crippen MR) is 64.4 cm³/mol. The summed E-state index contributed by atoms with van der Waals surface area (Å²) in [5, 5.41) is 3.03. The molecule has 0 unspecified atom stereocenters. The van der Waals surface area contributed by atoms with Crippen LogP contribution in [0.5, 0.6) is 0 Å². The summed E-state index contributed by atoms with van der Waals surface area (Å²) in [4.78, 5) is 14.1. The molecule has 5 heteroatoms. The highest BCUT2D eigenvalue weighted by Gasteiger charge is 2.20. The minimum Gasteiger partial charge on any atom is -0.457 e. The summed E-state index contributed by atoms with van der Waals surface area (Å²) >= 11 is 3.21. The van der Waals surface area contributed by atoms with E-state index in [0.29, 0.717) is 10.2 Å². The summed E-state index contributed by atoms with van der Waals surface area (Å²) in [5.41, 5.74) is 0.568. The number of piperidine rings is 1. The van der Waals surface area contributed by atoms with Crippen LogP contribution in [0.4, 0.5) is 0 Å². The van der Waals surface area contributed by atoms with Gasteiger partial charge in [0.2, 0.25) is 0 Å². The smallest absolute Gasteiger partial charge is 0.255 e. The van der Waals surface area contributed by atoms with Gasteiger partial charge in [-0.05, 0) is 55.0 Å². The first-order valence-electron chi connectivity index (χ1n) is 5.39. The van der Waals surface area contributed by atoms with Crippen LogP contribution in [0, 0.1) is 0 Å². The Morgan fingerprint density at radius 1 is 1.56 bits per heavy atom. The van der Waals surface area contributed by atoms with Crippen molar-refractivity contribution in [2.75, 3.05) is 20.1 Å². The Balaban J connectivity index is 1.91. The van der Waals surface area contributed by atoms with E-state index in [0.717, 1.165) is 25.9 Å². The Hall–Kier alpha value is -0.810. The maximum atomic E-state index is 11.9. The van der Waals surface area contributed by atoms with Gasteiger partial charge < -0.3 is 14.6 Å². The van der Waals surface area contributed by atoms with Gasteiger partial charge in [-0.15, -0.1) is 0 Å². The summed E-state index contributed by atoms with van der Waals surface area (Å²) in [6.45, 7) is 2.08. The lowest BCUT2D eigenvalue weighted by Gasteiger charge is -2.29. The van der Waals surface area contributed by atoms with E-state index in [1.807, 2.05) is 0 Å². The molecule has 1 amide bonds. The van der Waals surface area contributed by atoms with Gasteiger partial charge in [0.15, 0.2) is 4.67 Å². The number of furan rings is 1. The molecular formula is C11H15BrN2O2. The predicted octanol–water partition coefficient (Wildman–Crippen LogP) is 1.87. The van der Waals surface area contributed by atoms with Crippen LogP contribution in [0.15, 0.2) is 21.4 Å². The summed E-state index contributed by atoms with van der Waals surface area (Å²) < 4.78 is 5.54. The van der Waals surface area contributed by atoms with Crippen LogP contribution in [0.2, 0.25) is 0 Å². The lowest BCUT2D eigenvalue weighted by Crippen LogP contribution is -2.43. The monoisotopic (exact) mass is 286 g/mol. The molecule has 0 bridgehead atoms. The Kier molecular flexibility index (Phi) is 3.66. The molecule has 1 aromatic rings. The van der Waals surface area contributed by atoms with Crippen molar-refractivity contribution in [3.05, 3.63) is 22.6 Å². The molecule has 2 heterocycles. The van der Waals surface area contributed by atoms with Gasteiger partial charge in [-0.3, -0.25) is 4.79 Å². The molecular weight excluding hydrogens is 272 g/mol. The average molecular weight is 287 g/mol. The van der Waals surface area contributed by atoms with Crippen LogP contribution < -0.4 is 5.32 Å². The van der Waals surface area contributed by atoms with E-state index in [4.69, 9.17) is 4.42 Å². The fraction of sp³-hybridized carbons (Fsp3) is 0.545. The number of likely N-dealkylation sites (tertiary alicyclic amines) is 1. The number of nitrogens with zero attached hydrogens (tertiary/aromatic N) is 1. The molecule has 4 nitrogen and oxygen atoms in total. The van der Waals surface area contributed by atoms with Crippen molar-refractivity contribution in [1.29, 1.82) is 0 Å². The molecule has 0 aromatic carbocycles. The minimum absolute atomic E-state index is 0.0600. The number of nitrogens with one attached hydrogen (secondary N) is 1. The summed E-state index contributed by atoms with van der Waals surface area (Å²) in [6, 6.07) is 1.96. The van der Waals surface area contributed by atoms with Crippen LogP contribution in [-0.4, -0.2) is 37.0 Å². The maximum absolute atomic E-state index is 11.9. The molecule has 88 valence electrons. The van der Waals surface area contributed by atoms with Gasteiger partial charge in [-0.25, -0.2) is 0 Å². The highest BCUT2D eigenvalue weighted by Crippen LogP contribution is 2.18. The summed E-state index contributed by atoms with van der Waals surface area (Å²) in [6.07, 6.45) is 3.53. The van der Waals surface area contributed by atoms with E-state index in [2.05, 4.69) is 33.2 Å². The van der Waals surface area contributed by atoms with Crippen LogP contribution >= 0.6 is 15.9 Å². The zero-order valence-corrected chi connectivity index (χ0v) is 10.8. The van der Waals surface area contributed by atoms with Crippen molar-refractivity contribution in [3.63, 3.8) is 0 Å². The number of carbonyl (C=O) groups excluding carboxylic acids is 1. The highest BCUT2D eigenvalue weighted by molar-refractivity contribution is 9.10. The van der Waals surface area contributed by atoms with Gasteiger partial charge in [0.1, 0.15) is 0 Å². The van der Waals surface area contributed by atoms with Gasteiger partial charge >= 0.3 is 0 Å². The zero-order valence-electron chi connectivity index (χ0n) is 9.20. The third kappa shape index (κ3) is 2.65. The van der Waals surface area contributed by atoms with Crippen molar-refractivity contribution in [1.82, 2.24) is 10.2 Å². The molecule has 0 saturated carbocycles. The first-order valence-corrected chi connectivity index (χ1v) is 6.18. The van der Waals surface area contributed by atoms with Crippen molar-refractivity contribution < 1.29 is 9.21 Å². The first-order chi connectivity index (χ1) is 7.66. The van der Waals surface area contributed by atoms with Crippen molar-refractivity contribution in [3.8, 4) is 0 Å². The molecule has 1 aromatic heterocycles. The van der Waals surface area contributed by atoms with Gasteiger partial charge in [0.05, 0.1) is 11.8 Å². The SMILES string of the molecule is CN1CCC(NC(=O)c2ccoc2Br)CC1. The fourth-order valence-corrected chi connectivity index (χ4v) is 2.29. The zero-order chi connectivity index (χ0) is 11.5. The second-order valence-electron chi connectivity index (χ2n) is 4.16. The third-order valence-corrected chi connectivity index (χ3v) is 3.53. The van der Waals surface area contributed by atoms with Crippen LogP contribution in [0.1, 0.15) is 23.2 Å². The number of halogens is 1. The van der Waals surface area contributed by atoms with E-state index in [9.17, 15) is 4.79 Å². The molecule has 0 radical (unpaired) electrons. The molecule has 0 atom stereocenters. The minimum atomic E-state index is -0.0600.